The lowest BCUT2D eigenvalue weighted by Crippen LogP contribution is -2.35. The molecule has 2 fully saturated rings. The number of nitrogens with one attached hydrogen (secondary N) is 1. The normalized spacial score (nSPS) is 23.7. The van der Waals surface area contributed by atoms with E-state index < -0.39 is 0 Å². The van der Waals surface area contributed by atoms with Gasteiger partial charge in [0.15, 0.2) is 0 Å². The van der Waals surface area contributed by atoms with Crippen molar-refractivity contribution in [3.63, 3.8) is 0 Å². The van der Waals surface area contributed by atoms with Gasteiger partial charge in [0.05, 0.1) is 11.5 Å². The minimum absolute atomic E-state index is 0.0896. The molecule has 0 aromatic carbocycles. The predicted molar refractivity (Wildman–Crippen MR) is 122 cm³/mol. The Labute approximate surface area is 179 Å². The number of unbranched alkanes of at least 4 members (excludes halogenated alkanes) is 1. The summed E-state index contributed by atoms with van der Waals surface area (Å²) in [6.07, 6.45) is 11.6. The molecular formula is C24H36N4O2. The van der Waals surface area contributed by atoms with Gasteiger partial charge >= 0.3 is 0 Å². The van der Waals surface area contributed by atoms with Gasteiger partial charge in [-0.2, -0.15) is 0 Å². The monoisotopic (exact) mass is 412 g/mol. The summed E-state index contributed by atoms with van der Waals surface area (Å²) < 4.78 is 2.00. The van der Waals surface area contributed by atoms with Crippen LogP contribution in [0.2, 0.25) is 0 Å². The highest BCUT2D eigenvalue weighted by molar-refractivity contribution is 5.86. The molecule has 0 radical (unpaired) electrons. The molecule has 2 N–H and O–H groups in total. The summed E-state index contributed by atoms with van der Waals surface area (Å²) >= 11 is 0. The summed E-state index contributed by atoms with van der Waals surface area (Å²) in [6.45, 7) is 5.13. The maximum Gasteiger partial charge on any atom is 0.260 e. The maximum atomic E-state index is 13.4. The molecule has 1 aliphatic heterocycles. The fourth-order valence-corrected chi connectivity index (χ4v) is 5.03. The highest BCUT2D eigenvalue weighted by Gasteiger charge is 2.26. The smallest absolute Gasteiger partial charge is 0.260 e. The minimum atomic E-state index is -0.180. The zero-order chi connectivity index (χ0) is 21.1. The van der Waals surface area contributed by atoms with E-state index in [1.807, 2.05) is 4.57 Å². The van der Waals surface area contributed by atoms with E-state index in [0.29, 0.717) is 5.92 Å². The van der Waals surface area contributed by atoms with Gasteiger partial charge in [-0.25, -0.2) is 4.98 Å². The maximum absolute atomic E-state index is 13.4. The number of piperidine rings is 1. The van der Waals surface area contributed by atoms with Gasteiger partial charge in [0.25, 0.3) is 5.56 Å². The summed E-state index contributed by atoms with van der Waals surface area (Å²) in [4.78, 5) is 20.3. The van der Waals surface area contributed by atoms with Crippen molar-refractivity contribution in [1.82, 2.24) is 14.5 Å². The minimum Gasteiger partial charge on any atom is -0.393 e. The number of hydrogen-bond donors (Lipinski definition) is 2. The summed E-state index contributed by atoms with van der Waals surface area (Å²) in [5.74, 6) is 1.24. The third-order valence-electron chi connectivity index (χ3n) is 7.01. The van der Waals surface area contributed by atoms with E-state index in [9.17, 15) is 9.90 Å². The van der Waals surface area contributed by atoms with Crippen LogP contribution in [0.1, 0.15) is 75.8 Å². The van der Waals surface area contributed by atoms with Crippen LogP contribution in [0.3, 0.4) is 0 Å². The van der Waals surface area contributed by atoms with E-state index in [1.165, 1.54) is 5.56 Å². The average Bonchev–Trinajstić information content (AvgIpc) is 2.76. The SMILES string of the molecule is CCCCNc1cc2c(cn1)c(=O)n(C1CCN(C)CC1)cc2[C@H]1CC[C@H](O)CC1. The fraction of sp³-hybridized carbons (Fsp3) is 0.667. The van der Waals surface area contributed by atoms with Crippen molar-refractivity contribution in [3.8, 4) is 0 Å². The van der Waals surface area contributed by atoms with Crippen LogP contribution in [-0.2, 0) is 0 Å². The Bertz CT molecular complexity index is 909. The molecule has 0 atom stereocenters. The molecule has 1 saturated heterocycles. The molecule has 3 heterocycles. The second-order valence-corrected chi connectivity index (χ2v) is 9.23. The highest BCUT2D eigenvalue weighted by atomic mass is 16.3. The van der Waals surface area contributed by atoms with E-state index in [4.69, 9.17) is 0 Å². The number of aliphatic hydroxyl groups excluding tert-OH is 1. The van der Waals surface area contributed by atoms with Gasteiger partial charge < -0.3 is 19.9 Å². The number of pyridine rings is 2. The molecule has 2 aromatic heterocycles. The summed E-state index contributed by atoms with van der Waals surface area (Å²) in [7, 11) is 2.15. The first kappa shape index (κ1) is 21.3. The molecule has 6 heteroatoms. The van der Waals surface area contributed by atoms with Crippen molar-refractivity contribution < 1.29 is 5.11 Å². The van der Waals surface area contributed by atoms with Gasteiger partial charge in [0, 0.05) is 25.0 Å². The molecule has 1 saturated carbocycles. The van der Waals surface area contributed by atoms with Gasteiger partial charge in [-0.1, -0.05) is 13.3 Å². The number of anilines is 1. The molecule has 4 rings (SSSR count). The third kappa shape index (κ3) is 4.54. The average molecular weight is 413 g/mol. The Morgan fingerprint density at radius 3 is 2.57 bits per heavy atom. The molecule has 2 aromatic rings. The van der Waals surface area contributed by atoms with E-state index in [1.54, 1.807) is 6.20 Å². The Balaban J connectivity index is 1.75. The largest absolute Gasteiger partial charge is 0.393 e. The van der Waals surface area contributed by atoms with E-state index >= 15 is 0 Å². The van der Waals surface area contributed by atoms with Crippen molar-refractivity contribution >= 4 is 16.6 Å². The molecular weight excluding hydrogens is 376 g/mol. The summed E-state index contributed by atoms with van der Waals surface area (Å²) in [5.41, 5.74) is 1.35. The Hall–Kier alpha value is -1.92. The first-order valence-electron chi connectivity index (χ1n) is 11.7. The number of aliphatic hydroxyl groups is 1. The van der Waals surface area contributed by atoms with Crippen LogP contribution < -0.4 is 10.9 Å². The van der Waals surface area contributed by atoms with Crippen LogP contribution in [0.15, 0.2) is 23.3 Å². The van der Waals surface area contributed by atoms with Gasteiger partial charge in [0.2, 0.25) is 0 Å². The van der Waals surface area contributed by atoms with Gasteiger partial charge in [-0.15, -0.1) is 0 Å². The molecule has 30 heavy (non-hydrogen) atoms. The first-order chi connectivity index (χ1) is 14.6. The van der Waals surface area contributed by atoms with E-state index in [-0.39, 0.29) is 17.7 Å². The zero-order valence-corrected chi connectivity index (χ0v) is 18.4. The van der Waals surface area contributed by atoms with Crippen LogP contribution in [0.5, 0.6) is 0 Å². The Kier molecular flexibility index (Phi) is 6.74. The summed E-state index contributed by atoms with van der Waals surface area (Å²) in [6, 6.07) is 2.33. The Morgan fingerprint density at radius 2 is 1.87 bits per heavy atom. The number of nitrogens with zero attached hydrogens (tertiary/aromatic N) is 3. The fourth-order valence-electron chi connectivity index (χ4n) is 5.03. The van der Waals surface area contributed by atoms with Gasteiger partial charge in [0.1, 0.15) is 5.82 Å². The predicted octanol–water partition coefficient (Wildman–Crippen LogP) is 3.89. The van der Waals surface area contributed by atoms with Crippen LogP contribution in [0.4, 0.5) is 5.82 Å². The van der Waals surface area contributed by atoms with Crippen LogP contribution in [0.25, 0.3) is 10.8 Å². The lowest BCUT2D eigenvalue weighted by atomic mass is 9.81. The second kappa shape index (κ2) is 9.48. The Morgan fingerprint density at radius 1 is 1.13 bits per heavy atom. The molecule has 0 spiro atoms. The number of likely N-dealkylation sites (tertiary alicyclic amines) is 1. The van der Waals surface area contributed by atoms with E-state index in [0.717, 1.165) is 87.6 Å². The molecule has 2 aliphatic rings. The van der Waals surface area contributed by atoms with Crippen molar-refractivity contribution in [2.24, 2.45) is 0 Å². The molecule has 164 valence electrons. The van der Waals surface area contributed by atoms with Crippen molar-refractivity contribution in [3.05, 3.63) is 34.4 Å². The second-order valence-electron chi connectivity index (χ2n) is 9.23. The topological polar surface area (TPSA) is 70.4 Å². The van der Waals surface area contributed by atoms with Crippen molar-refractivity contribution in [2.75, 3.05) is 32.0 Å². The lowest BCUT2D eigenvalue weighted by Gasteiger charge is -2.32. The van der Waals surface area contributed by atoms with Gasteiger partial charge in [-0.3, -0.25) is 4.79 Å². The standard InChI is InChI=1S/C24H36N4O2/c1-3-4-11-25-23-14-20-21(15-26-23)24(30)28(18-9-12-27(2)13-10-18)16-22(20)17-5-7-19(29)8-6-17/h14-19,29H,3-13H2,1-2H3,(H,25,26)/t17-,19-. The van der Waals surface area contributed by atoms with Crippen molar-refractivity contribution in [2.45, 2.75) is 76.4 Å². The van der Waals surface area contributed by atoms with Crippen LogP contribution >= 0.6 is 0 Å². The van der Waals surface area contributed by atoms with E-state index in [2.05, 4.69) is 41.4 Å². The number of aromatic nitrogens is 2. The van der Waals surface area contributed by atoms with Crippen LogP contribution in [0, 0.1) is 0 Å². The lowest BCUT2D eigenvalue weighted by molar-refractivity contribution is 0.122. The summed E-state index contributed by atoms with van der Waals surface area (Å²) in [5, 5.41) is 15.2. The molecule has 6 nitrogen and oxygen atoms in total. The van der Waals surface area contributed by atoms with Crippen LogP contribution in [-0.4, -0.2) is 52.3 Å². The first-order valence-corrected chi connectivity index (χ1v) is 11.7. The highest BCUT2D eigenvalue weighted by Crippen LogP contribution is 2.37. The molecule has 0 bridgehead atoms. The zero-order valence-electron chi connectivity index (χ0n) is 18.4. The quantitative estimate of drug-likeness (QED) is 0.705. The third-order valence-corrected chi connectivity index (χ3v) is 7.01. The van der Waals surface area contributed by atoms with Gasteiger partial charge in [-0.05, 0) is 88.0 Å². The number of rotatable bonds is 6. The molecule has 0 unspecified atom stereocenters. The molecule has 1 aliphatic carbocycles. The molecule has 0 amide bonds. The number of fused-ring (bicyclic) bond motifs is 1. The number of hydrogen-bond acceptors (Lipinski definition) is 5. The van der Waals surface area contributed by atoms with Crippen molar-refractivity contribution in [1.29, 1.82) is 0 Å².